The van der Waals surface area contributed by atoms with Crippen molar-refractivity contribution in [1.82, 2.24) is 0 Å². The van der Waals surface area contributed by atoms with Crippen LogP contribution in [0.3, 0.4) is 0 Å². The number of aryl methyl sites for hydroxylation is 1. The first-order chi connectivity index (χ1) is 8.74. The second-order valence-corrected chi connectivity index (χ2v) is 4.19. The molecule has 0 aliphatic heterocycles. The monoisotopic (exact) mass is 245 g/mol. The molecule has 4 nitrogen and oxygen atoms in total. The van der Waals surface area contributed by atoms with Gasteiger partial charge in [0.15, 0.2) is 12.3 Å². The van der Waals surface area contributed by atoms with Crippen LogP contribution in [0.1, 0.15) is 11.3 Å². The molecule has 94 valence electrons. The Morgan fingerprint density at radius 2 is 2.22 bits per heavy atom. The third-order valence-corrected chi connectivity index (χ3v) is 2.56. The summed E-state index contributed by atoms with van der Waals surface area (Å²) in [7, 11) is 0. The van der Waals surface area contributed by atoms with E-state index in [0.717, 1.165) is 17.0 Å². The zero-order valence-electron chi connectivity index (χ0n) is 10.3. The average Bonchev–Trinajstić information content (AvgIpc) is 2.82. The molecule has 1 amide bonds. The highest BCUT2D eigenvalue weighted by molar-refractivity contribution is 5.91. The maximum Gasteiger partial charge on any atom is 0.279 e. The summed E-state index contributed by atoms with van der Waals surface area (Å²) in [5.74, 6) is 0.866. The maximum absolute atomic E-state index is 11.7. The molecule has 0 radical (unpaired) electrons. The minimum Gasteiger partial charge on any atom is -0.463 e. The summed E-state index contributed by atoms with van der Waals surface area (Å²) in [4.78, 5) is 11.7. The molecule has 2 aromatic rings. The highest BCUT2D eigenvalue weighted by Gasteiger charge is 2.05. The lowest BCUT2D eigenvalue weighted by molar-refractivity contribution is -0.661. The predicted molar refractivity (Wildman–Crippen MR) is 69.0 cm³/mol. The van der Waals surface area contributed by atoms with Crippen LogP contribution in [0.15, 0.2) is 47.1 Å². The van der Waals surface area contributed by atoms with Crippen molar-refractivity contribution in [2.45, 2.75) is 13.5 Å². The van der Waals surface area contributed by atoms with Gasteiger partial charge < -0.3 is 15.1 Å². The molecule has 1 heterocycles. The Morgan fingerprint density at radius 3 is 2.94 bits per heavy atom. The summed E-state index contributed by atoms with van der Waals surface area (Å²) in [5.41, 5.74) is 1.97. The third kappa shape index (κ3) is 3.75. The van der Waals surface area contributed by atoms with Gasteiger partial charge in [0, 0.05) is 5.69 Å². The molecule has 0 aliphatic carbocycles. The molecule has 0 bridgehead atoms. The lowest BCUT2D eigenvalue weighted by Crippen LogP contribution is -2.84. The number of hydrogen-bond donors (Lipinski definition) is 2. The second-order valence-electron chi connectivity index (χ2n) is 4.19. The summed E-state index contributed by atoms with van der Waals surface area (Å²) in [6.07, 6.45) is 1.63. The van der Waals surface area contributed by atoms with E-state index in [1.807, 2.05) is 48.6 Å². The number of hydrogen-bond acceptors (Lipinski definition) is 2. The summed E-state index contributed by atoms with van der Waals surface area (Å²) in [6.45, 7) is 3.06. The molecule has 4 heteroatoms. The molecule has 0 fully saturated rings. The first-order valence-electron chi connectivity index (χ1n) is 5.94. The molecule has 18 heavy (non-hydrogen) atoms. The van der Waals surface area contributed by atoms with Crippen LogP contribution in [0.5, 0.6) is 0 Å². The summed E-state index contributed by atoms with van der Waals surface area (Å²) >= 11 is 0. The van der Waals surface area contributed by atoms with E-state index in [9.17, 15) is 4.79 Å². The summed E-state index contributed by atoms with van der Waals surface area (Å²) in [6, 6.07) is 11.5. The number of quaternary nitrogens is 1. The standard InChI is InChI=1S/C14H16N2O2/c1-11-4-2-5-12(8-11)16-14(17)10-15-9-13-6-3-7-18-13/h2-8,15H,9-10H2,1H3,(H,16,17)/p+1. The van der Waals surface area contributed by atoms with Gasteiger partial charge in [0.05, 0.1) is 6.26 Å². The van der Waals surface area contributed by atoms with Gasteiger partial charge in [-0.2, -0.15) is 0 Å². The Bertz CT molecular complexity index is 506. The molecule has 0 saturated carbocycles. The van der Waals surface area contributed by atoms with Gasteiger partial charge in [-0.1, -0.05) is 12.1 Å². The van der Waals surface area contributed by atoms with E-state index in [0.29, 0.717) is 13.1 Å². The van der Waals surface area contributed by atoms with Crippen LogP contribution >= 0.6 is 0 Å². The topological polar surface area (TPSA) is 58.9 Å². The number of amides is 1. The first-order valence-corrected chi connectivity index (χ1v) is 5.94. The van der Waals surface area contributed by atoms with Crippen LogP contribution < -0.4 is 10.6 Å². The number of nitrogens with two attached hydrogens (primary N) is 1. The van der Waals surface area contributed by atoms with Crippen molar-refractivity contribution in [3.05, 3.63) is 54.0 Å². The highest BCUT2D eigenvalue weighted by Crippen LogP contribution is 2.08. The van der Waals surface area contributed by atoms with Crippen molar-refractivity contribution in [3.63, 3.8) is 0 Å². The van der Waals surface area contributed by atoms with Gasteiger partial charge in [0.1, 0.15) is 6.54 Å². The fraction of sp³-hybridized carbons (Fsp3) is 0.214. The molecule has 1 aromatic carbocycles. The van der Waals surface area contributed by atoms with Crippen LogP contribution in [0, 0.1) is 6.92 Å². The Kier molecular flexibility index (Phi) is 4.15. The van der Waals surface area contributed by atoms with Gasteiger partial charge in [-0.15, -0.1) is 0 Å². The van der Waals surface area contributed by atoms with Crippen molar-refractivity contribution in [2.75, 3.05) is 11.9 Å². The Labute approximate surface area is 106 Å². The number of furan rings is 1. The minimum atomic E-state index is -0.00726. The first kappa shape index (κ1) is 12.4. The van der Waals surface area contributed by atoms with Gasteiger partial charge in [0.25, 0.3) is 5.91 Å². The van der Waals surface area contributed by atoms with Crippen LogP contribution in [0.4, 0.5) is 5.69 Å². The Hall–Kier alpha value is -2.07. The van der Waals surface area contributed by atoms with Crippen LogP contribution in [-0.4, -0.2) is 12.5 Å². The van der Waals surface area contributed by atoms with Crippen molar-refractivity contribution in [3.8, 4) is 0 Å². The largest absolute Gasteiger partial charge is 0.463 e. The van der Waals surface area contributed by atoms with Gasteiger partial charge in [-0.3, -0.25) is 4.79 Å². The van der Waals surface area contributed by atoms with Crippen molar-refractivity contribution in [2.24, 2.45) is 0 Å². The van der Waals surface area contributed by atoms with Gasteiger partial charge >= 0.3 is 0 Å². The van der Waals surface area contributed by atoms with E-state index in [4.69, 9.17) is 4.42 Å². The number of anilines is 1. The zero-order valence-corrected chi connectivity index (χ0v) is 10.3. The third-order valence-electron chi connectivity index (χ3n) is 2.56. The molecular formula is C14H17N2O2+. The van der Waals surface area contributed by atoms with Crippen LogP contribution in [-0.2, 0) is 11.3 Å². The predicted octanol–water partition coefficient (Wildman–Crippen LogP) is 1.29. The second kappa shape index (κ2) is 6.02. The van der Waals surface area contributed by atoms with Gasteiger partial charge in [-0.25, -0.2) is 0 Å². The molecule has 0 spiro atoms. The fourth-order valence-corrected chi connectivity index (χ4v) is 1.71. The van der Waals surface area contributed by atoms with E-state index in [1.54, 1.807) is 6.26 Å². The van der Waals surface area contributed by atoms with E-state index in [2.05, 4.69) is 5.32 Å². The molecule has 0 unspecified atom stereocenters. The molecule has 0 atom stereocenters. The van der Waals surface area contributed by atoms with Crippen molar-refractivity contribution < 1.29 is 14.5 Å². The average molecular weight is 245 g/mol. The van der Waals surface area contributed by atoms with Crippen LogP contribution in [0.25, 0.3) is 0 Å². The van der Waals surface area contributed by atoms with Crippen molar-refractivity contribution in [1.29, 1.82) is 0 Å². The molecule has 2 rings (SSSR count). The highest BCUT2D eigenvalue weighted by atomic mass is 16.3. The number of carbonyl (C=O) groups excluding carboxylic acids is 1. The number of carbonyl (C=O) groups is 1. The molecule has 0 saturated heterocycles. The fourth-order valence-electron chi connectivity index (χ4n) is 1.71. The normalized spacial score (nSPS) is 10.3. The summed E-state index contributed by atoms with van der Waals surface area (Å²) in [5, 5.41) is 4.77. The van der Waals surface area contributed by atoms with E-state index in [-0.39, 0.29) is 5.91 Å². The van der Waals surface area contributed by atoms with E-state index in [1.165, 1.54) is 0 Å². The molecule has 3 N–H and O–H groups in total. The lowest BCUT2D eigenvalue weighted by Gasteiger charge is -2.04. The van der Waals surface area contributed by atoms with E-state index >= 15 is 0 Å². The molecule has 1 aromatic heterocycles. The zero-order chi connectivity index (χ0) is 12.8. The van der Waals surface area contributed by atoms with Crippen LogP contribution in [0.2, 0.25) is 0 Å². The van der Waals surface area contributed by atoms with E-state index < -0.39 is 0 Å². The molecule has 0 aliphatic rings. The number of nitrogens with one attached hydrogen (secondary N) is 1. The Balaban J connectivity index is 1.75. The molecular weight excluding hydrogens is 228 g/mol. The number of rotatable bonds is 5. The minimum absolute atomic E-state index is 0.00726. The van der Waals surface area contributed by atoms with Gasteiger partial charge in [-0.05, 0) is 36.8 Å². The Morgan fingerprint density at radius 1 is 1.33 bits per heavy atom. The van der Waals surface area contributed by atoms with Gasteiger partial charge in [0.2, 0.25) is 0 Å². The quantitative estimate of drug-likeness (QED) is 0.834. The summed E-state index contributed by atoms with van der Waals surface area (Å²) < 4.78 is 5.19. The smallest absolute Gasteiger partial charge is 0.279 e. The SMILES string of the molecule is Cc1cccc(NC(=O)C[NH2+]Cc2ccco2)c1. The maximum atomic E-state index is 11.7. The number of benzene rings is 1. The van der Waals surface area contributed by atoms with Crippen molar-refractivity contribution >= 4 is 11.6 Å². The lowest BCUT2D eigenvalue weighted by atomic mass is 10.2.